The zero-order valence-corrected chi connectivity index (χ0v) is 7.31. The standard InChI is InChI=1S/C10H16/c1-7-5-6-8(2)10(4)9(7)3/h5-7,9H,1-4H3/t7-,9?/m1/s1. The summed E-state index contributed by atoms with van der Waals surface area (Å²) in [4.78, 5) is 0. The highest BCUT2D eigenvalue weighted by Crippen LogP contribution is 2.28. The Morgan fingerprint density at radius 3 is 2.30 bits per heavy atom. The summed E-state index contributed by atoms with van der Waals surface area (Å²) in [5.41, 5.74) is 3.00. The van der Waals surface area contributed by atoms with Crippen LogP contribution in [-0.4, -0.2) is 0 Å². The van der Waals surface area contributed by atoms with E-state index < -0.39 is 0 Å². The minimum atomic E-state index is 0.726. The second-order valence-corrected chi connectivity index (χ2v) is 3.37. The summed E-state index contributed by atoms with van der Waals surface area (Å²) in [5.74, 6) is 1.47. The van der Waals surface area contributed by atoms with Gasteiger partial charge in [-0.05, 0) is 25.7 Å². The quantitative estimate of drug-likeness (QED) is 0.480. The van der Waals surface area contributed by atoms with Crippen LogP contribution in [0.15, 0.2) is 23.3 Å². The number of rotatable bonds is 0. The smallest absolute Gasteiger partial charge is 0.0168 e. The Kier molecular flexibility index (Phi) is 1.98. The molecule has 10 heavy (non-hydrogen) atoms. The first-order valence-electron chi connectivity index (χ1n) is 3.98. The third-order valence-corrected chi connectivity index (χ3v) is 2.74. The molecule has 0 aliphatic heterocycles. The van der Waals surface area contributed by atoms with Crippen molar-refractivity contribution in [3.05, 3.63) is 23.3 Å². The van der Waals surface area contributed by atoms with Gasteiger partial charge in [0.05, 0.1) is 0 Å². The number of hydrogen-bond acceptors (Lipinski definition) is 0. The molecule has 1 aliphatic rings. The molecule has 1 aliphatic carbocycles. The van der Waals surface area contributed by atoms with E-state index in [0.29, 0.717) is 0 Å². The molecule has 56 valence electrons. The van der Waals surface area contributed by atoms with Crippen molar-refractivity contribution in [1.82, 2.24) is 0 Å². The molecule has 2 atom stereocenters. The maximum atomic E-state index is 2.30. The Morgan fingerprint density at radius 1 is 1.20 bits per heavy atom. The van der Waals surface area contributed by atoms with Crippen molar-refractivity contribution in [1.29, 1.82) is 0 Å². The normalized spacial score (nSPS) is 33.2. The second-order valence-electron chi connectivity index (χ2n) is 3.37. The third kappa shape index (κ3) is 1.16. The van der Waals surface area contributed by atoms with Crippen molar-refractivity contribution in [2.45, 2.75) is 27.7 Å². The molecular formula is C10H16. The van der Waals surface area contributed by atoms with Gasteiger partial charge in [0.2, 0.25) is 0 Å². The predicted octanol–water partition coefficient (Wildman–Crippen LogP) is 3.16. The van der Waals surface area contributed by atoms with E-state index in [1.807, 2.05) is 0 Å². The average molecular weight is 136 g/mol. The van der Waals surface area contributed by atoms with E-state index in [-0.39, 0.29) is 0 Å². The van der Waals surface area contributed by atoms with Crippen LogP contribution in [0.2, 0.25) is 0 Å². The van der Waals surface area contributed by atoms with Crippen LogP contribution in [0.3, 0.4) is 0 Å². The van der Waals surface area contributed by atoms with Crippen LogP contribution >= 0.6 is 0 Å². The first-order valence-corrected chi connectivity index (χ1v) is 3.98. The lowest BCUT2D eigenvalue weighted by Gasteiger charge is -2.23. The minimum Gasteiger partial charge on any atom is -0.0808 e. The van der Waals surface area contributed by atoms with Gasteiger partial charge >= 0.3 is 0 Å². The Bertz CT molecular complexity index is 184. The van der Waals surface area contributed by atoms with Gasteiger partial charge in [-0.15, -0.1) is 0 Å². The maximum Gasteiger partial charge on any atom is -0.0168 e. The summed E-state index contributed by atoms with van der Waals surface area (Å²) in [7, 11) is 0. The summed E-state index contributed by atoms with van der Waals surface area (Å²) in [6, 6.07) is 0. The van der Waals surface area contributed by atoms with Gasteiger partial charge in [-0.2, -0.15) is 0 Å². The van der Waals surface area contributed by atoms with Crippen LogP contribution in [-0.2, 0) is 0 Å². The highest BCUT2D eigenvalue weighted by atomic mass is 14.2. The molecule has 1 unspecified atom stereocenters. The predicted molar refractivity (Wildman–Crippen MR) is 45.8 cm³/mol. The first kappa shape index (κ1) is 7.59. The SMILES string of the molecule is CC1=C(C)C(C)[C@H](C)C=C1. The third-order valence-electron chi connectivity index (χ3n) is 2.74. The topological polar surface area (TPSA) is 0 Å². The van der Waals surface area contributed by atoms with Gasteiger partial charge in [-0.1, -0.05) is 37.1 Å². The molecule has 0 aromatic rings. The van der Waals surface area contributed by atoms with Crippen molar-refractivity contribution in [3.8, 4) is 0 Å². The maximum absolute atomic E-state index is 2.30. The van der Waals surface area contributed by atoms with Crippen LogP contribution in [0.4, 0.5) is 0 Å². The lowest BCUT2D eigenvalue weighted by Crippen LogP contribution is -2.11. The molecule has 0 saturated carbocycles. The molecule has 0 N–H and O–H groups in total. The van der Waals surface area contributed by atoms with E-state index in [1.165, 1.54) is 5.57 Å². The molecule has 0 fully saturated rings. The fraction of sp³-hybridized carbons (Fsp3) is 0.600. The van der Waals surface area contributed by atoms with Gasteiger partial charge in [-0.25, -0.2) is 0 Å². The second kappa shape index (κ2) is 2.61. The number of hydrogen-bond donors (Lipinski definition) is 0. The zero-order valence-electron chi connectivity index (χ0n) is 7.31. The van der Waals surface area contributed by atoms with Crippen molar-refractivity contribution < 1.29 is 0 Å². The van der Waals surface area contributed by atoms with Crippen LogP contribution in [0, 0.1) is 11.8 Å². The lowest BCUT2D eigenvalue weighted by atomic mass is 9.83. The Hall–Kier alpha value is -0.520. The minimum absolute atomic E-state index is 0.726. The molecule has 0 amide bonds. The van der Waals surface area contributed by atoms with Crippen LogP contribution < -0.4 is 0 Å². The molecule has 0 radical (unpaired) electrons. The number of allylic oxidation sites excluding steroid dienone is 4. The van der Waals surface area contributed by atoms with Gasteiger partial charge in [0.1, 0.15) is 0 Å². The van der Waals surface area contributed by atoms with E-state index in [1.54, 1.807) is 5.57 Å². The van der Waals surface area contributed by atoms with E-state index in [0.717, 1.165) is 11.8 Å². The van der Waals surface area contributed by atoms with Crippen molar-refractivity contribution in [3.63, 3.8) is 0 Å². The summed E-state index contributed by atoms with van der Waals surface area (Å²) < 4.78 is 0. The largest absolute Gasteiger partial charge is 0.0808 e. The lowest BCUT2D eigenvalue weighted by molar-refractivity contribution is 0.518. The Morgan fingerprint density at radius 2 is 1.80 bits per heavy atom. The van der Waals surface area contributed by atoms with Gasteiger partial charge in [0.25, 0.3) is 0 Å². The first-order chi connectivity index (χ1) is 4.63. The van der Waals surface area contributed by atoms with Gasteiger partial charge in [-0.3, -0.25) is 0 Å². The molecule has 0 bridgehead atoms. The van der Waals surface area contributed by atoms with E-state index in [9.17, 15) is 0 Å². The summed E-state index contributed by atoms with van der Waals surface area (Å²) in [6.45, 7) is 9.00. The molecule has 0 saturated heterocycles. The molecule has 0 heteroatoms. The molecule has 0 aromatic carbocycles. The Balaban J connectivity index is 2.88. The molecule has 0 heterocycles. The highest BCUT2D eigenvalue weighted by molar-refractivity contribution is 5.29. The molecular weight excluding hydrogens is 120 g/mol. The van der Waals surface area contributed by atoms with Crippen LogP contribution in [0.1, 0.15) is 27.7 Å². The summed E-state index contributed by atoms with van der Waals surface area (Å²) in [6.07, 6.45) is 4.53. The van der Waals surface area contributed by atoms with Gasteiger partial charge < -0.3 is 0 Å². The average Bonchev–Trinajstić information content (AvgIpc) is 1.93. The zero-order chi connectivity index (χ0) is 7.72. The summed E-state index contributed by atoms with van der Waals surface area (Å²) >= 11 is 0. The van der Waals surface area contributed by atoms with Crippen LogP contribution in [0.5, 0.6) is 0 Å². The van der Waals surface area contributed by atoms with Gasteiger partial charge in [0.15, 0.2) is 0 Å². The molecule has 0 nitrogen and oxygen atoms in total. The fourth-order valence-electron chi connectivity index (χ4n) is 1.35. The van der Waals surface area contributed by atoms with Crippen LogP contribution in [0.25, 0.3) is 0 Å². The molecule has 1 rings (SSSR count). The van der Waals surface area contributed by atoms with E-state index in [2.05, 4.69) is 39.8 Å². The van der Waals surface area contributed by atoms with E-state index in [4.69, 9.17) is 0 Å². The Labute approximate surface area is 63.6 Å². The molecule has 0 spiro atoms. The highest BCUT2D eigenvalue weighted by Gasteiger charge is 2.15. The monoisotopic (exact) mass is 136 g/mol. The summed E-state index contributed by atoms with van der Waals surface area (Å²) in [5, 5.41) is 0. The van der Waals surface area contributed by atoms with E-state index >= 15 is 0 Å². The fourth-order valence-corrected chi connectivity index (χ4v) is 1.35. The van der Waals surface area contributed by atoms with Crippen molar-refractivity contribution in [2.75, 3.05) is 0 Å². The molecule has 0 aromatic heterocycles. The van der Waals surface area contributed by atoms with Gasteiger partial charge in [0, 0.05) is 0 Å². The van der Waals surface area contributed by atoms with Crippen molar-refractivity contribution in [2.24, 2.45) is 11.8 Å². The van der Waals surface area contributed by atoms with Crippen molar-refractivity contribution >= 4 is 0 Å².